The number of benzene rings is 2. The molecule has 0 radical (unpaired) electrons. The molecule has 1 heterocycles. The SMILES string of the molecule is C[C@@H]1Cc2ccccc2N1C(=O)Nc1ccccc1Br. The number of carbonyl (C=O) groups excluding carboxylic acids is 1. The Morgan fingerprint density at radius 3 is 2.70 bits per heavy atom. The van der Waals surface area contributed by atoms with Gasteiger partial charge in [0.25, 0.3) is 0 Å². The van der Waals surface area contributed by atoms with Crippen LogP contribution in [0.1, 0.15) is 12.5 Å². The Morgan fingerprint density at radius 2 is 1.90 bits per heavy atom. The second-order valence-electron chi connectivity index (χ2n) is 4.96. The molecule has 0 aliphatic carbocycles. The van der Waals surface area contributed by atoms with Crippen molar-refractivity contribution in [3.05, 3.63) is 58.6 Å². The van der Waals surface area contributed by atoms with Crippen LogP contribution in [-0.4, -0.2) is 12.1 Å². The largest absolute Gasteiger partial charge is 0.326 e. The molecule has 0 bridgehead atoms. The molecule has 102 valence electrons. The summed E-state index contributed by atoms with van der Waals surface area (Å²) in [5.41, 5.74) is 3.01. The first-order chi connectivity index (χ1) is 9.66. The molecule has 1 aliphatic heterocycles. The van der Waals surface area contributed by atoms with E-state index in [0.29, 0.717) is 0 Å². The van der Waals surface area contributed by atoms with Gasteiger partial charge in [0.1, 0.15) is 0 Å². The summed E-state index contributed by atoms with van der Waals surface area (Å²) >= 11 is 3.45. The van der Waals surface area contributed by atoms with Crippen molar-refractivity contribution in [2.24, 2.45) is 0 Å². The smallest absolute Gasteiger partial charge is 0.306 e. The second-order valence-corrected chi connectivity index (χ2v) is 5.82. The summed E-state index contributed by atoms with van der Waals surface area (Å²) in [7, 11) is 0. The van der Waals surface area contributed by atoms with Crippen LogP contribution >= 0.6 is 15.9 Å². The number of anilines is 2. The minimum atomic E-state index is -0.0886. The van der Waals surface area contributed by atoms with Crippen LogP contribution in [0, 0.1) is 0 Å². The normalized spacial score (nSPS) is 16.9. The molecule has 0 spiro atoms. The van der Waals surface area contributed by atoms with Gasteiger partial charge in [-0.1, -0.05) is 30.3 Å². The zero-order valence-electron chi connectivity index (χ0n) is 11.1. The van der Waals surface area contributed by atoms with E-state index < -0.39 is 0 Å². The van der Waals surface area contributed by atoms with Gasteiger partial charge in [0.05, 0.1) is 5.69 Å². The van der Waals surface area contributed by atoms with Crippen LogP contribution in [-0.2, 0) is 6.42 Å². The molecule has 0 fully saturated rings. The van der Waals surface area contributed by atoms with Crippen LogP contribution in [0.25, 0.3) is 0 Å². The molecule has 0 unspecified atom stereocenters. The van der Waals surface area contributed by atoms with E-state index in [0.717, 1.165) is 22.3 Å². The van der Waals surface area contributed by atoms with E-state index in [1.54, 1.807) is 0 Å². The zero-order valence-corrected chi connectivity index (χ0v) is 12.7. The average Bonchev–Trinajstić information content (AvgIpc) is 2.77. The first-order valence-corrected chi connectivity index (χ1v) is 7.39. The van der Waals surface area contributed by atoms with Crippen LogP contribution in [0.2, 0.25) is 0 Å². The van der Waals surface area contributed by atoms with E-state index in [2.05, 4.69) is 34.2 Å². The predicted octanol–water partition coefficient (Wildman–Crippen LogP) is 4.43. The Balaban J connectivity index is 1.86. The van der Waals surface area contributed by atoms with E-state index in [4.69, 9.17) is 0 Å². The minimum Gasteiger partial charge on any atom is -0.306 e. The number of rotatable bonds is 1. The molecular weight excluding hydrogens is 316 g/mol. The summed E-state index contributed by atoms with van der Waals surface area (Å²) in [5.74, 6) is 0. The third kappa shape index (κ3) is 2.31. The van der Waals surface area contributed by atoms with Crippen LogP contribution < -0.4 is 10.2 Å². The van der Waals surface area contributed by atoms with Gasteiger partial charge in [-0.15, -0.1) is 0 Å². The molecule has 2 aromatic carbocycles. The van der Waals surface area contributed by atoms with Crippen molar-refractivity contribution in [1.82, 2.24) is 0 Å². The molecule has 20 heavy (non-hydrogen) atoms. The number of fused-ring (bicyclic) bond motifs is 1. The topological polar surface area (TPSA) is 32.3 Å². The van der Waals surface area contributed by atoms with E-state index in [1.165, 1.54) is 5.56 Å². The van der Waals surface area contributed by atoms with Gasteiger partial charge in [-0.25, -0.2) is 4.79 Å². The van der Waals surface area contributed by atoms with Gasteiger partial charge in [-0.05, 0) is 53.0 Å². The Labute approximate surface area is 126 Å². The number of halogens is 1. The van der Waals surface area contributed by atoms with Crippen molar-refractivity contribution in [3.63, 3.8) is 0 Å². The van der Waals surface area contributed by atoms with Gasteiger partial charge in [-0.2, -0.15) is 0 Å². The Morgan fingerprint density at radius 1 is 1.20 bits per heavy atom. The summed E-state index contributed by atoms with van der Waals surface area (Å²) in [4.78, 5) is 14.4. The van der Waals surface area contributed by atoms with Crippen molar-refractivity contribution in [3.8, 4) is 0 Å². The summed E-state index contributed by atoms with van der Waals surface area (Å²) in [6.07, 6.45) is 0.902. The molecular formula is C16H15BrN2O. The molecule has 4 heteroatoms. The quantitative estimate of drug-likeness (QED) is 0.824. The fourth-order valence-corrected chi connectivity index (χ4v) is 3.00. The fourth-order valence-electron chi connectivity index (χ4n) is 2.61. The highest BCUT2D eigenvalue weighted by atomic mass is 79.9. The van der Waals surface area contributed by atoms with Crippen LogP contribution in [0.15, 0.2) is 53.0 Å². The van der Waals surface area contributed by atoms with Gasteiger partial charge < -0.3 is 5.32 Å². The number of nitrogens with one attached hydrogen (secondary N) is 1. The molecule has 2 amide bonds. The molecule has 0 saturated heterocycles. The molecule has 2 aromatic rings. The first-order valence-electron chi connectivity index (χ1n) is 6.59. The summed E-state index contributed by atoms with van der Waals surface area (Å²) < 4.78 is 0.883. The van der Waals surface area contributed by atoms with E-state index in [1.807, 2.05) is 47.4 Å². The van der Waals surface area contributed by atoms with Crippen molar-refractivity contribution in [1.29, 1.82) is 0 Å². The third-order valence-corrected chi connectivity index (χ3v) is 4.23. The fraction of sp³-hybridized carbons (Fsp3) is 0.188. The Hall–Kier alpha value is -1.81. The first kappa shape index (κ1) is 13.2. The van der Waals surface area contributed by atoms with Crippen molar-refractivity contribution in [2.75, 3.05) is 10.2 Å². The number of hydrogen-bond donors (Lipinski definition) is 1. The summed E-state index contributed by atoms with van der Waals surface area (Å²) in [6, 6.07) is 15.8. The average molecular weight is 331 g/mol. The van der Waals surface area contributed by atoms with Crippen molar-refractivity contribution < 1.29 is 4.79 Å². The second kappa shape index (κ2) is 5.29. The number of nitrogens with zero attached hydrogens (tertiary/aromatic N) is 1. The van der Waals surface area contributed by atoms with Crippen molar-refractivity contribution in [2.45, 2.75) is 19.4 Å². The van der Waals surface area contributed by atoms with Crippen LogP contribution in [0.4, 0.5) is 16.2 Å². The van der Waals surface area contributed by atoms with Gasteiger partial charge in [-0.3, -0.25) is 4.90 Å². The molecule has 3 nitrogen and oxygen atoms in total. The maximum Gasteiger partial charge on any atom is 0.326 e. The lowest BCUT2D eigenvalue weighted by atomic mass is 10.1. The zero-order chi connectivity index (χ0) is 14.1. The number of urea groups is 1. The number of carbonyl (C=O) groups is 1. The van der Waals surface area contributed by atoms with E-state index in [-0.39, 0.29) is 12.1 Å². The number of amides is 2. The molecule has 1 N–H and O–H groups in total. The highest BCUT2D eigenvalue weighted by Crippen LogP contribution is 2.32. The Bertz CT molecular complexity index is 656. The Kier molecular flexibility index (Phi) is 3.49. The lowest BCUT2D eigenvalue weighted by Crippen LogP contribution is -2.39. The van der Waals surface area contributed by atoms with E-state index >= 15 is 0 Å². The highest BCUT2D eigenvalue weighted by molar-refractivity contribution is 9.10. The molecule has 0 saturated carbocycles. The summed E-state index contributed by atoms with van der Waals surface area (Å²) in [6.45, 7) is 2.07. The molecule has 3 rings (SSSR count). The van der Waals surface area contributed by atoms with Crippen LogP contribution in [0.5, 0.6) is 0 Å². The van der Waals surface area contributed by atoms with Gasteiger partial charge in [0.2, 0.25) is 0 Å². The summed E-state index contributed by atoms with van der Waals surface area (Å²) in [5, 5.41) is 2.96. The highest BCUT2D eigenvalue weighted by Gasteiger charge is 2.30. The number of para-hydroxylation sites is 2. The molecule has 0 aromatic heterocycles. The molecule has 1 aliphatic rings. The minimum absolute atomic E-state index is 0.0886. The number of hydrogen-bond acceptors (Lipinski definition) is 1. The monoisotopic (exact) mass is 330 g/mol. The van der Waals surface area contributed by atoms with Crippen molar-refractivity contribution >= 4 is 33.3 Å². The van der Waals surface area contributed by atoms with Gasteiger partial charge >= 0.3 is 6.03 Å². The lowest BCUT2D eigenvalue weighted by Gasteiger charge is -2.23. The maximum absolute atomic E-state index is 12.5. The lowest BCUT2D eigenvalue weighted by molar-refractivity contribution is 0.256. The van der Waals surface area contributed by atoms with Crippen LogP contribution in [0.3, 0.4) is 0 Å². The molecule has 1 atom stereocenters. The standard InChI is InChI=1S/C16H15BrN2O/c1-11-10-12-6-2-5-9-15(12)19(11)16(20)18-14-8-4-3-7-13(14)17/h2-9,11H,10H2,1H3,(H,18,20)/t11-/m1/s1. The van der Waals surface area contributed by atoms with E-state index in [9.17, 15) is 4.79 Å². The van der Waals surface area contributed by atoms with Gasteiger partial charge in [0, 0.05) is 16.2 Å². The van der Waals surface area contributed by atoms with Gasteiger partial charge in [0.15, 0.2) is 0 Å². The predicted molar refractivity (Wildman–Crippen MR) is 85.2 cm³/mol. The maximum atomic E-state index is 12.5. The third-order valence-electron chi connectivity index (χ3n) is 3.54.